The molecule has 1 aliphatic carbocycles. The molecule has 0 aliphatic heterocycles. The summed E-state index contributed by atoms with van der Waals surface area (Å²) in [6, 6.07) is 6.18. The van der Waals surface area contributed by atoms with E-state index in [9.17, 15) is 0 Å². The number of methoxy groups -OCH3 is 1. The van der Waals surface area contributed by atoms with Gasteiger partial charge in [0.2, 0.25) is 0 Å². The van der Waals surface area contributed by atoms with E-state index in [1.807, 2.05) is 6.07 Å². The van der Waals surface area contributed by atoms with Crippen LogP contribution < -0.4 is 4.74 Å². The van der Waals surface area contributed by atoms with Crippen molar-refractivity contribution in [3.05, 3.63) is 47.6 Å². The van der Waals surface area contributed by atoms with Crippen molar-refractivity contribution < 1.29 is 4.74 Å². The highest BCUT2D eigenvalue weighted by Crippen LogP contribution is 2.21. The number of allylic oxidation sites excluding steroid dienone is 3. The van der Waals surface area contributed by atoms with E-state index in [4.69, 9.17) is 4.74 Å². The van der Waals surface area contributed by atoms with Crippen LogP contribution in [0.4, 0.5) is 0 Å². The van der Waals surface area contributed by atoms with Gasteiger partial charge in [0.15, 0.2) is 0 Å². The normalized spacial score (nSPS) is 13.6. The topological polar surface area (TPSA) is 9.23 Å². The number of hydrogen-bond donors (Lipinski definition) is 0. The molecule has 2 rings (SSSR count). The zero-order valence-electron chi connectivity index (χ0n) is 7.66. The van der Waals surface area contributed by atoms with E-state index >= 15 is 0 Å². The Hall–Kier alpha value is -1.50. The summed E-state index contributed by atoms with van der Waals surface area (Å²) in [6.45, 7) is 0. The molecule has 0 N–H and O–H groups in total. The molecule has 0 unspecified atom stereocenters. The zero-order valence-corrected chi connectivity index (χ0v) is 7.66. The summed E-state index contributed by atoms with van der Waals surface area (Å²) >= 11 is 0. The average molecular weight is 172 g/mol. The zero-order chi connectivity index (χ0) is 9.10. The Morgan fingerprint density at radius 1 is 1.23 bits per heavy atom. The van der Waals surface area contributed by atoms with Crippen LogP contribution in [0.3, 0.4) is 0 Å². The van der Waals surface area contributed by atoms with Gasteiger partial charge in [-0.2, -0.15) is 0 Å². The second-order valence-corrected chi connectivity index (χ2v) is 3.06. The first-order valence-corrected chi connectivity index (χ1v) is 4.40. The number of ether oxygens (including phenoxy) is 1. The fraction of sp³-hybridized carbons (Fsp3) is 0.167. The van der Waals surface area contributed by atoms with Crippen molar-refractivity contribution >= 4 is 6.08 Å². The highest BCUT2D eigenvalue weighted by molar-refractivity contribution is 5.58. The van der Waals surface area contributed by atoms with E-state index in [0.717, 1.165) is 12.2 Å². The van der Waals surface area contributed by atoms with Crippen LogP contribution in [0.1, 0.15) is 11.1 Å². The molecule has 1 heteroatoms. The monoisotopic (exact) mass is 172 g/mol. The first kappa shape index (κ1) is 8.11. The standard InChI is InChI=1S/C12H12O/c1-13-12-8-7-10-5-3-2-4-6-11(10)9-12/h2-5,7-9H,6H2,1H3. The quantitative estimate of drug-likeness (QED) is 0.633. The summed E-state index contributed by atoms with van der Waals surface area (Å²) in [6.07, 6.45) is 9.41. The van der Waals surface area contributed by atoms with Gasteiger partial charge in [-0.1, -0.05) is 30.4 Å². The lowest BCUT2D eigenvalue weighted by molar-refractivity contribution is 0.414. The third-order valence-corrected chi connectivity index (χ3v) is 2.21. The minimum Gasteiger partial charge on any atom is -0.497 e. The Balaban J connectivity index is 2.45. The first-order valence-electron chi connectivity index (χ1n) is 4.40. The van der Waals surface area contributed by atoms with Crippen LogP contribution in [0.15, 0.2) is 36.4 Å². The fourth-order valence-electron chi connectivity index (χ4n) is 1.48. The molecule has 1 aliphatic rings. The maximum atomic E-state index is 5.17. The Bertz CT molecular complexity index is 361. The second kappa shape index (κ2) is 3.48. The molecule has 0 saturated carbocycles. The predicted molar refractivity (Wildman–Crippen MR) is 54.9 cm³/mol. The molecule has 0 spiro atoms. The average Bonchev–Trinajstić information content (AvgIpc) is 2.41. The first-order chi connectivity index (χ1) is 6.40. The van der Waals surface area contributed by atoms with Gasteiger partial charge in [0.05, 0.1) is 7.11 Å². The molecular formula is C12H12O. The summed E-state index contributed by atoms with van der Waals surface area (Å²) < 4.78 is 5.17. The van der Waals surface area contributed by atoms with Crippen molar-refractivity contribution in [1.82, 2.24) is 0 Å². The van der Waals surface area contributed by atoms with Gasteiger partial charge in [0, 0.05) is 0 Å². The van der Waals surface area contributed by atoms with Gasteiger partial charge in [-0.15, -0.1) is 0 Å². The molecule has 66 valence electrons. The van der Waals surface area contributed by atoms with E-state index in [0.29, 0.717) is 0 Å². The summed E-state index contributed by atoms with van der Waals surface area (Å²) in [4.78, 5) is 0. The van der Waals surface area contributed by atoms with Crippen molar-refractivity contribution in [2.75, 3.05) is 7.11 Å². The van der Waals surface area contributed by atoms with Gasteiger partial charge in [0.25, 0.3) is 0 Å². The van der Waals surface area contributed by atoms with Crippen LogP contribution >= 0.6 is 0 Å². The molecule has 0 atom stereocenters. The van der Waals surface area contributed by atoms with Gasteiger partial charge in [0.1, 0.15) is 5.75 Å². The van der Waals surface area contributed by atoms with Crippen molar-refractivity contribution in [2.45, 2.75) is 6.42 Å². The lowest BCUT2D eigenvalue weighted by Crippen LogP contribution is -1.89. The molecule has 0 heterocycles. The third kappa shape index (κ3) is 1.64. The van der Waals surface area contributed by atoms with Crippen LogP contribution in [0, 0.1) is 0 Å². The summed E-state index contributed by atoms with van der Waals surface area (Å²) in [5.74, 6) is 0.933. The molecule has 0 fully saturated rings. The SMILES string of the molecule is COc1ccc2c(c1)CC=CC=C2. The smallest absolute Gasteiger partial charge is 0.119 e. The van der Waals surface area contributed by atoms with Gasteiger partial charge in [-0.05, 0) is 29.7 Å². The Morgan fingerprint density at radius 3 is 3.00 bits per heavy atom. The number of hydrogen-bond acceptors (Lipinski definition) is 1. The largest absolute Gasteiger partial charge is 0.497 e. The van der Waals surface area contributed by atoms with E-state index in [1.54, 1.807) is 7.11 Å². The van der Waals surface area contributed by atoms with Crippen molar-refractivity contribution in [2.24, 2.45) is 0 Å². The van der Waals surface area contributed by atoms with Gasteiger partial charge in [-0.3, -0.25) is 0 Å². The number of benzene rings is 1. The maximum absolute atomic E-state index is 5.17. The minimum atomic E-state index is 0.933. The third-order valence-electron chi connectivity index (χ3n) is 2.21. The van der Waals surface area contributed by atoms with E-state index in [2.05, 4.69) is 36.4 Å². The summed E-state index contributed by atoms with van der Waals surface area (Å²) in [7, 11) is 1.70. The Morgan fingerprint density at radius 2 is 2.15 bits per heavy atom. The summed E-state index contributed by atoms with van der Waals surface area (Å²) in [5, 5.41) is 0. The van der Waals surface area contributed by atoms with Crippen molar-refractivity contribution in [3.8, 4) is 5.75 Å². The molecule has 1 aromatic rings. The van der Waals surface area contributed by atoms with Crippen molar-refractivity contribution in [1.29, 1.82) is 0 Å². The summed E-state index contributed by atoms with van der Waals surface area (Å²) in [5.41, 5.74) is 2.61. The molecule has 0 aromatic heterocycles. The molecule has 0 bridgehead atoms. The fourth-order valence-corrected chi connectivity index (χ4v) is 1.48. The van der Waals surface area contributed by atoms with Crippen LogP contribution in [0.25, 0.3) is 6.08 Å². The highest BCUT2D eigenvalue weighted by atomic mass is 16.5. The van der Waals surface area contributed by atoms with Crippen molar-refractivity contribution in [3.63, 3.8) is 0 Å². The Kier molecular flexibility index (Phi) is 2.17. The molecular weight excluding hydrogens is 160 g/mol. The van der Waals surface area contributed by atoms with Crippen LogP contribution in [0.2, 0.25) is 0 Å². The predicted octanol–water partition coefficient (Wildman–Crippen LogP) is 2.82. The maximum Gasteiger partial charge on any atom is 0.119 e. The van der Waals surface area contributed by atoms with Gasteiger partial charge >= 0.3 is 0 Å². The second-order valence-electron chi connectivity index (χ2n) is 3.06. The lowest BCUT2D eigenvalue weighted by Gasteiger charge is -2.05. The molecule has 1 aromatic carbocycles. The van der Waals surface area contributed by atoms with Crippen LogP contribution in [-0.4, -0.2) is 7.11 Å². The molecule has 0 radical (unpaired) electrons. The van der Waals surface area contributed by atoms with Crippen LogP contribution in [0.5, 0.6) is 5.75 Å². The number of fused-ring (bicyclic) bond motifs is 1. The molecule has 1 nitrogen and oxygen atoms in total. The van der Waals surface area contributed by atoms with Gasteiger partial charge < -0.3 is 4.74 Å². The molecule has 13 heavy (non-hydrogen) atoms. The Labute approximate surface area is 78.3 Å². The molecule has 0 saturated heterocycles. The lowest BCUT2D eigenvalue weighted by atomic mass is 10.1. The van der Waals surface area contributed by atoms with Crippen LogP contribution in [-0.2, 0) is 6.42 Å². The van der Waals surface area contributed by atoms with E-state index in [-0.39, 0.29) is 0 Å². The minimum absolute atomic E-state index is 0.933. The molecule has 0 amide bonds. The van der Waals surface area contributed by atoms with Gasteiger partial charge in [-0.25, -0.2) is 0 Å². The van der Waals surface area contributed by atoms with E-state index < -0.39 is 0 Å². The van der Waals surface area contributed by atoms with E-state index in [1.165, 1.54) is 11.1 Å². The number of rotatable bonds is 1. The highest BCUT2D eigenvalue weighted by Gasteiger charge is 2.01.